The summed E-state index contributed by atoms with van der Waals surface area (Å²) in [6.07, 6.45) is 1.36. The average Bonchev–Trinajstić information content (AvgIpc) is 3.01. The van der Waals surface area contributed by atoms with Gasteiger partial charge in [0, 0.05) is 17.5 Å². The third-order valence-corrected chi connectivity index (χ3v) is 4.89. The SMILES string of the molecule is CCN1C(=O)C(C)(C(=O)Nc2ccon2)Sc2ccccc21. The van der Waals surface area contributed by atoms with E-state index in [1.54, 1.807) is 11.8 Å². The predicted molar refractivity (Wildman–Crippen MR) is 83.9 cm³/mol. The summed E-state index contributed by atoms with van der Waals surface area (Å²) in [5.74, 6) is -0.356. The van der Waals surface area contributed by atoms with Crippen molar-refractivity contribution in [1.82, 2.24) is 5.16 Å². The highest BCUT2D eigenvalue weighted by molar-refractivity contribution is 8.02. The maximum absolute atomic E-state index is 12.8. The number of rotatable bonds is 3. The van der Waals surface area contributed by atoms with Crippen molar-refractivity contribution in [3.05, 3.63) is 36.6 Å². The van der Waals surface area contributed by atoms with Gasteiger partial charge in [-0.15, -0.1) is 0 Å². The second-order valence-corrected chi connectivity index (χ2v) is 6.45. The fourth-order valence-electron chi connectivity index (χ4n) is 2.37. The molecule has 0 aliphatic carbocycles. The van der Waals surface area contributed by atoms with Gasteiger partial charge in [-0.3, -0.25) is 9.59 Å². The largest absolute Gasteiger partial charge is 0.363 e. The lowest BCUT2D eigenvalue weighted by atomic mass is 10.1. The van der Waals surface area contributed by atoms with Crippen molar-refractivity contribution in [2.45, 2.75) is 23.5 Å². The van der Waals surface area contributed by atoms with Crippen LogP contribution in [0.3, 0.4) is 0 Å². The number of nitrogens with one attached hydrogen (secondary N) is 1. The number of carbonyl (C=O) groups is 2. The number of anilines is 2. The molecule has 0 saturated heterocycles. The molecule has 0 spiro atoms. The Hall–Kier alpha value is -2.28. The number of nitrogens with zero attached hydrogens (tertiary/aromatic N) is 2. The Kier molecular flexibility index (Phi) is 3.66. The topological polar surface area (TPSA) is 75.4 Å². The van der Waals surface area contributed by atoms with E-state index in [0.29, 0.717) is 12.4 Å². The van der Waals surface area contributed by atoms with Crippen LogP contribution in [-0.2, 0) is 9.59 Å². The highest BCUT2D eigenvalue weighted by Crippen LogP contribution is 2.45. The van der Waals surface area contributed by atoms with E-state index in [1.165, 1.54) is 24.1 Å². The molecule has 0 bridgehead atoms. The van der Waals surface area contributed by atoms with Gasteiger partial charge < -0.3 is 14.7 Å². The highest BCUT2D eigenvalue weighted by Gasteiger charge is 2.49. The number of thioether (sulfide) groups is 1. The third kappa shape index (κ3) is 2.27. The van der Waals surface area contributed by atoms with Gasteiger partial charge in [-0.25, -0.2) is 0 Å². The van der Waals surface area contributed by atoms with Gasteiger partial charge in [0.1, 0.15) is 6.26 Å². The van der Waals surface area contributed by atoms with Crippen LogP contribution in [-0.4, -0.2) is 28.3 Å². The number of aromatic nitrogens is 1. The van der Waals surface area contributed by atoms with Gasteiger partial charge in [-0.2, -0.15) is 0 Å². The molecular formula is C15H15N3O3S. The number of fused-ring (bicyclic) bond motifs is 1. The van der Waals surface area contributed by atoms with Crippen molar-refractivity contribution in [3.63, 3.8) is 0 Å². The van der Waals surface area contributed by atoms with E-state index < -0.39 is 10.7 Å². The fourth-order valence-corrected chi connectivity index (χ4v) is 3.58. The lowest BCUT2D eigenvalue weighted by molar-refractivity contribution is -0.128. The maximum Gasteiger partial charge on any atom is 0.252 e. The Morgan fingerprint density at radius 1 is 1.41 bits per heavy atom. The van der Waals surface area contributed by atoms with Crippen LogP contribution in [0.15, 0.2) is 46.0 Å². The van der Waals surface area contributed by atoms with Gasteiger partial charge in [0.2, 0.25) is 0 Å². The number of hydrogen-bond acceptors (Lipinski definition) is 5. The molecule has 3 rings (SSSR count). The molecule has 0 radical (unpaired) electrons. The van der Waals surface area contributed by atoms with E-state index in [2.05, 4.69) is 10.5 Å². The standard InChI is InChI=1S/C15H15N3O3S/c1-3-18-10-6-4-5-7-11(10)22-15(2,14(18)20)13(19)16-12-8-9-21-17-12/h4-9H,3H2,1-2H3,(H,16,17,19). The van der Waals surface area contributed by atoms with Gasteiger partial charge in [0.25, 0.3) is 11.8 Å². The molecule has 22 heavy (non-hydrogen) atoms. The molecule has 0 fully saturated rings. The smallest absolute Gasteiger partial charge is 0.252 e. The van der Waals surface area contributed by atoms with E-state index in [-0.39, 0.29) is 5.91 Å². The van der Waals surface area contributed by atoms with Crippen LogP contribution < -0.4 is 10.2 Å². The molecule has 1 aliphatic heterocycles. The second kappa shape index (κ2) is 5.49. The summed E-state index contributed by atoms with van der Waals surface area (Å²) in [6, 6.07) is 9.11. The summed E-state index contributed by atoms with van der Waals surface area (Å²) >= 11 is 1.25. The summed E-state index contributed by atoms with van der Waals surface area (Å²) < 4.78 is 3.45. The van der Waals surface area contributed by atoms with E-state index in [9.17, 15) is 9.59 Å². The van der Waals surface area contributed by atoms with Gasteiger partial charge in [-0.1, -0.05) is 29.1 Å². The molecule has 2 aromatic rings. The Labute approximate surface area is 131 Å². The summed E-state index contributed by atoms with van der Waals surface area (Å²) in [6.45, 7) is 4.03. The normalized spacial score (nSPS) is 20.6. The summed E-state index contributed by atoms with van der Waals surface area (Å²) in [4.78, 5) is 28.0. The minimum absolute atomic E-state index is 0.236. The van der Waals surface area contributed by atoms with Gasteiger partial charge in [0.05, 0.1) is 5.69 Å². The lowest BCUT2D eigenvalue weighted by Crippen LogP contribution is -2.54. The van der Waals surface area contributed by atoms with Crippen LogP contribution in [0.25, 0.3) is 0 Å². The molecule has 7 heteroatoms. The van der Waals surface area contributed by atoms with Crippen molar-refractivity contribution in [2.75, 3.05) is 16.8 Å². The number of hydrogen-bond donors (Lipinski definition) is 1. The first-order chi connectivity index (χ1) is 10.6. The minimum Gasteiger partial charge on any atom is -0.363 e. The van der Waals surface area contributed by atoms with E-state index >= 15 is 0 Å². The molecule has 1 N–H and O–H groups in total. The number of carbonyl (C=O) groups excluding carboxylic acids is 2. The third-order valence-electron chi connectivity index (χ3n) is 3.55. The number of para-hydroxylation sites is 1. The monoisotopic (exact) mass is 317 g/mol. The zero-order chi connectivity index (χ0) is 15.7. The zero-order valence-corrected chi connectivity index (χ0v) is 13.0. The first kappa shape index (κ1) is 14.6. The van der Waals surface area contributed by atoms with Crippen LogP contribution in [0.5, 0.6) is 0 Å². The van der Waals surface area contributed by atoms with Crippen molar-refractivity contribution in [1.29, 1.82) is 0 Å². The van der Waals surface area contributed by atoms with Crippen molar-refractivity contribution < 1.29 is 14.1 Å². The Bertz CT molecular complexity index is 717. The molecular weight excluding hydrogens is 302 g/mol. The van der Waals surface area contributed by atoms with Gasteiger partial charge in [-0.05, 0) is 26.0 Å². The molecule has 114 valence electrons. The average molecular weight is 317 g/mol. The van der Waals surface area contributed by atoms with Crippen LogP contribution in [0.2, 0.25) is 0 Å². The molecule has 1 unspecified atom stereocenters. The summed E-state index contributed by atoms with van der Waals surface area (Å²) in [5.41, 5.74) is 0.840. The molecule has 1 aromatic carbocycles. The Morgan fingerprint density at radius 3 is 2.86 bits per heavy atom. The molecule has 0 saturated carbocycles. The van der Waals surface area contributed by atoms with Gasteiger partial charge in [0.15, 0.2) is 10.6 Å². The van der Waals surface area contributed by atoms with E-state index in [0.717, 1.165) is 10.6 Å². The van der Waals surface area contributed by atoms with Crippen molar-refractivity contribution >= 4 is 35.1 Å². The minimum atomic E-state index is -1.25. The molecule has 2 heterocycles. The van der Waals surface area contributed by atoms with Crippen molar-refractivity contribution in [2.24, 2.45) is 0 Å². The molecule has 1 atom stereocenters. The van der Waals surface area contributed by atoms with Gasteiger partial charge >= 0.3 is 0 Å². The highest BCUT2D eigenvalue weighted by atomic mass is 32.2. The second-order valence-electron chi connectivity index (χ2n) is 4.99. The van der Waals surface area contributed by atoms with Crippen LogP contribution >= 0.6 is 11.8 Å². The van der Waals surface area contributed by atoms with Crippen LogP contribution in [0.4, 0.5) is 11.5 Å². The Morgan fingerprint density at radius 2 is 2.18 bits per heavy atom. The maximum atomic E-state index is 12.8. The molecule has 2 amide bonds. The van der Waals surface area contributed by atoms with E-state index in [4.69, 9.17) is 4.52 Å². The van der Waals surface area contributed by atoms with Crippen LogP contribution in [0, 0.1) is 0 Å². The summed E-state index contributed by atoms with van der Waals surface area (Å²) in [7, 11) is 0. The zero-order valence-electron chi connectivity index (χ0n) is 12.2. The van der Waals surface area contributed by atoms with Crippen LogP contribution in [0.1, 0.15) is 13.8 Å². The number of amides is 2. The lowest BCUT2D eigenvalue weighted by Gasteiger charge is -2.38. The molecule has 6 nitrogen and oxygen atoms in total. The first-order valence-electron chi connectivity index (χ1n) is 6.88. The predicted octanol–water partition coefficient (Wildman–Crippen LogP) is 2.53. The fraction of sp³-hybridized carbons (Fsp3) is 0.267. The molecule has 1 aromatic heterocycles. The molecule has 1 aliphatic rings. The van der Waals surface area contributed by atoms with Crippen molar-refractivity contribution in [3.8, 4) is 0 Å². The first-order valence-corrected chi connectivity index (χ1v) is 7.69. The quantitative estimate of drug-likeness (QED) is 0.880. The Balaban J connectivity index is 1.96. The summed E-state index contributed by atoms with van der Waals surface area (Å²) in [5, 5.41) is 6.28. The number of benzene rings is 1. The van der Waals surface area contributed by atoms with E-state index in [1.807, 2.05) is 31.2 Å².